The van der Waals surface area contributed by atoms with Crippen LogP contribution in [0.2, 0.25) is 0 Å². The Labute approximate surface area is 209 Å². The van der Waals surface area contributed by atoms with E-state index < -0.39 is 11.8 Å². The van der Waals surface area contributed by atoms with Crippen LogP contribution in [0.3, 0.4) is 0 Å². The highest BCUT2D eigenvalue weighted by Gasteiger charge is 2.21. The lowest BCUT2D eigenvalue weighted by molar-refractivity contribution is 0.0897. The molecule has 186 valence electrons. The highest BCUT2D eigenvalue weighted by molar-refractivity contribution is 5.77. The molecule has 0 saturated heterocycles. The van der Waals surface area contributed by atoms with Gasteiger partial charge in [-0.15, -0.1) is 0 Å². The molecular formula is C29H31N3O4. The first kappa shape index (κ1) is 24.0. The second-order valence-corrected chi connectivity index (χ2v) is 9.37. The molecule has 0 spiro atoms. The smallest absolute Gasteiger partial charge is 0.331 e. The number of aromatic nitrogens is 2. The third-order valence-electron chi connectivity index (χ3n) is 6.99. The minimum Gasteiger partial charge on any atom is -0.497 e. The number of β-amino-alcohol motifs (C(OH)–C–C–N with tert-alkyl or cyclic N) is 1. The molecule has 1 aliphatic rings. The molecule has 7 heteroatoms. The van der Waals surface area contributed by atoms with Gasteiger partial charge >= 0.3 is 5.69 Å². The molecule has 0 aliphatic carbocycles. The van der Waals surface area contributed by atoms with E-state index in [-0.39, 0.29) is 12.1 Å². The Bertz CT molecular complexity index is 1470. The van der Waals surface area contributed by atoms with Gasteiger partial charge in [0.05, 0.1) is 30.7 Å². The molecule has 5 rings (SSSR count). The van der Waals surface area contributed by atoms with E-state index in [1.807, 2.05) is 36.4 Å². The van der Waals surface area contributed by atoms with E-state index >= 15 is 0 Å². The molecular weight excluding hydrogens is 454 g/mol. The molecule has 1 aliphatic heterocycles. The Kier molecular flexibility index (Phi) is 7.02. The number of para-hydroxylation sites is 1. The predicted octanol–water partition coefficient (Wildman–Crippen LogP) is 2.83. The van der Waals surface area contributed by atoms with E-state index in [1.54, 1.807) is 29.9 Å². The van der Waals surface area contributed by atoms with Crippen molar-refractivity contribution in [1.29, 1.82) is 0 Å². The minimum absolute atomic E-state index is 0.0385. The molecule has 7 nitrogen and oxygen atoms in total. The second kappa shape index (κ2) is 10.5. The number of rotatable bonds is 8. The highest BCUT2D eigenvalue weighted by Crippen LogP contribution is 2.19. The molecule has 4 aromatic rings. The van der Waals surface area contributed by atoms with Crippen molar-refractivity contribution in [3.8, 4) is 5.75 Å². The maximum absolute atomic E-state index is 13.5. The van der Waals surface area contributed by atoms with Gasteiger partial charge in [-0.3, -0.25) is 18.8 Å². The number of ether oxygens (including phenoxy) is 1. The van der Waals surface area contributed by atoms with Gasteiger partial charge in [0, 0.05) is 26.2 Å². The highest BCUT2D eigenvalue weighted by atomic mass is 16.5. The fourth-order valence-electron chi connectivity index (χ4n) is 5.06. The summed E-state index contributed by atoms with van der Waals surface area (Å²) >= 11 is 0. The van der Waals surface area contributed by atoms with Crippen LogP contribution in [0, 0.1) is 0 Å². The molecule has 1 N–H and O–H groups in total. The summed E-state index contributed by atoms with van der Waals surface area (Å²) in [6, 6.07) is 23.3. The summed E-state index contributed by atoms with van der Waals surface area (Å²) < 4.78 is 8.06. The van der Waals surface area contributed by atoms with Crippen molar-refractivity contribution >= 4 is 10.9 Å². The van der Waals surface area contributed by atoms with Crippen molar-refractivity contribution in [3.63, 3.8) is 0 Å². The first-order chi connectivity index (χ1) is 17.5. The number of benzene rings is 3. The summed E-state index contributed by atoms with van der Waals surface area (Å²) in [6.45, 7) is 2.38. The molecule has 0 fully saturated rings. The number of aliphatic hydroxyl groups is 1. The van der Waals surface area contributed by atoms with Gasteiger partial charge < -0.3 is 9.84 Å². The Morgan fingerprint density at radius 1 is 0.889 bits per heavy atom. The number of hydrogen-bond donors (Lipinski definition) is 1. The fourth-order valence-corrected chi connectivity index (χ4v) is 5.06. The Morgan fingerprint density at radius 2 is 1.61 bits per heavy atom. The SMILES string of the molecule is COc1ccc(CCn2c(=O)n(C[C@@H](O)CN3CCc4ccccc4C3)c(=O)c3ccccc32)cc1. The Hall–Kier alpha value is -3.68. The molecule has 3 aromatic carbocycles. The van der Waals surface area contributed by atoms with E-state index in [0.29, 0.717) is 30.4 Å². The zero-order valence-corrected chi connectivity index (χ0v) is 20.5. The summed E-state index contributed by atoms with van der Waals surface area (Å²) in [5.41, 5.74) is 3.53. The molecule has 36 heavy (non-hydrogen) atoms. The van der Waals surface area contributed by atoms with Crippen LogP contribution in [0.1, 0.15) is 16.7 Å². The lowest BCUT2D eigenvalue weighted by atomic mass is 10.00. The molecule has 0 bridgehead atoms. The normalized spacial score (nSPS) is 14.5. The monoisotopic (exact) mass is 485 g/mol. The van der Waals surface area contributed by atoms with Crippen LogP contribution in [0.5, 0.6) is 5.75 Å². The number of aliphatic hydroxyl groups excluding tert-OH is 1. The second-order valence-electron chi connectivity index (χ2n) is 9.37. The third kappa shape index (κ3) is 4.98. The van der Waals surface area contributed by atoms with Crippen molar-refractivity contribution < 1.29 is 9.84 Å². The van der Waals surface area contributed by atoms with Gasteiger partial charge in [-0.25, -0.2) is 4.79 Å². The number of aryl methyl sites for hydroxylation is 2. The number of nitrogens with zero attached hydrogens (tertiary/aromatic N) is 3. The molecule has 2 heterocycles. The summed E-state index contributed by atoms with van der Waals surface area (Å²) in [4.78, 5) is 28.9. The first-order valence-electron chi connectivity index (χ1n) is 12.4. The lowest BCUT2D eigenvalue weighted by Crippen LogP contribution is -2.45. The average molecular weight is 486 g/mol. The molecule has 0 unspecified atom stereocenters. The standard InChI is InChI=1S/C29H31N3O4/c1-36-25-12-10-21(11-13-25)14-17-31-27-9-5-4-8-26(27)28(34)32(29(31)35)20-24(33)19-30-16-15-22-6-2-3-7-23(22)18-30/h2-13,24,33H,14-20H2,1H3/t24-/m0/s1. The zero-order chi connectivity index (χ0) is 25.1. The van der Waals surface area contributed by atoms with Crippen LogP contribution < -0.4 is 16.0 Å². The van der Waals surface area contributed by atoms with Gasteiger partial charge in [-0.1, -0.05) is 48.5 Å². The molecule has 0 amide bonds. The fraction of sp³-hybridized carbons (Fsp3) is 0.310. The van der Waals surface area contributed by atoms with Crippen molar-refractivity contribution in [2.75, 3.05) is 20.2 Å². The summed E-state index contributed by atoms with van der Waals surface area (Å²) in [5, 5.41) is 11.4. The van der Waals surface area contributed by atoms with Gasteiger partial charge in [-0.05, 0) is 53.8 Å². The lowest BCUT2D eigenvalue weighted by Gasteiger charge is -2.30. The number of methoxy groups -OCH3 is 1. The Morgan fingerprint density at radius 3 is 2.39 bits per heavy atom. The van der Waals surface area contributed by atoms with E-state index in [0.717, 1.165) is 30.8 Å². The van der Waals surface area contributed by atoms with E-state index in [4.69, 9.17) is 4.74 Å². The van der Waals surface area contributed by atoms with Crippen molar-refractivity contribution in [2.45, 2.75) is 38.6 Å². The van der Waals surface area contributed by atoms with E-state index in [2.05, 4.69) is 23.1 Å². The maximum atomic E-state index is 13.5. The van der Waals surface area contributed by atoms with Crippen LogP contribution in [0.15, 0.2) is 82.4 Å². The topological polar surface area (TPSA) is 76.7 Å². The van der Waals surface area contributed by atoms with Gasteiger partial charge in [0.1, 0.15) is 5.75 Å². The van der Waals surface area contributed by atoms with Crippen molar-refractivity contribution in [2.24, 2.45) is 0 Å². The van der Waals surface area contributed by atoms with Crippen LogP contribution in [-0.2, 0) is 32.5 Å². The van der Waals surface area contributed by atoms with Gasteiger partial charge in [0.2, 0.25) is 0 Å². The van der Waals surface area contributed by atoms with Crippen LogP contribution in [0.4, 0.5) is 0 Å². The quantitative estimate of drug-likeness (QED) is 0.415. The van der Waals surface area contributed by atoms with Crippen LogP contribution >= 0.6 is 0 Å². The molecule has 1 atom stereocenters. The maximum Gasteiger partial charge on any atom is 0.331 e. The molecule has 0 radical (unpaired) electrons. The van der Waals surface area contributed by atoms with E-state index in [1.165, 1.54) is 15.7 Å². The predicted molar refractivity (Wildman–Crippen MR) is 141 cm³/mol. The van der Waals surface area contributed by atoms with Gasteiger partial charge in [-0.2, -0.15) is 0 Å². The summed E-state index contributed by atoms with van der Waals surface area (Å²) in [5.74, 6) is 0.779. The Balaban J connectivity index is 1.38. The van der Waals surface area contributed by atoms with Gasteiger partial charge in [0.25, 0.3) is 5.56 Å². The largest absolute Gasteiger partial charge is 0.497 e. The van der Waals surface area contributed by atoms with Crippen molar-refractivity contribution in [3.05, 3.63) is 110 Å². The van der Waals surface area contributed by atoms with Crippen LogP contribution in [0.25, 0.3) is 10.9 Å². The molecule has 1 aromatic heterocycles. The number of fused-ring (bicyclic) bond motifs is 2. The minimum atomic E-state index is -0.836. The molecule has 0 saturated carbocycles. The average Bonchev–Trinajstić information content (AvgIpc) is 2.91. The van der Waals surface area contributed by atoms with Crippen molar-refractivity contribution in [1.82, 2.24) is 14.0 Å². The zero-order valence-electron chi connectivity index (χ0n) is 20.5. The number of hydrogen-bond acceptors (Lipinski definition) is 5. The summed E-state index contributed by atoms with van der Waals surface area (Å²) in [7, 11) is 1.63. The van der Waals surface area contributed by atoms with Crippen LogP contribution in [-0.4, -0.2) is 45.4 Å². The summed E-state index contributed by atoms with van der Waals surface area (Å²) in [6.07, 6.45) is 0.718. The van der Waals surface area contributed by atoms with E-state index in [9.17, 15) is 14.7 Å². The first-order valence-corrected chi connectivity index (χ1v) is 12.4. The van der Waals surface area contributed by atoms with Gasteiger partial charge in [0.15, 0.2) is 0 Å². The third-order valence-corrected chi connectivity index (χ3v) is 6.99.